The van der Waals surface area contributed by atoms with E-state index in [2.05, 4.69) is 10.3 Å². The van der Waals surface area contributed by atoms with Gasteiger partial charge in [-0.3, -0.25) is 9.59 Å². The summed E-state index contributed by atoms with van der Waals surface area (Å²) in [6.45, 7) is 3.23. The molecule has 0 radical (unpaired) electrons. The van der Waals surface area contributed by atoms with Crippen molar-refractivity contribution in [2.75, 3.05) is 18.4 Å². The molecule has 2 aromatic carbocycles. The predicted octanol–water partition coefficient (Wildman–Crippen LogP) is 5.38. The summed E-state index contributed by atoms with van der Waals surface area (Å²) in [6, 6.07) is 16.4. The molecule has 1 saturated heterocycles. The molecule has 0 aliphatic carbocycles. The van der Waals surface area contributed by atoms with Gasteiger partial charge >= 0.3 is 0 Å². The maximum Gasteiger partial charge on any atom is 0.267 e. The van der Waals surface area contributed by atoms with E-state index in [1.54, 1.807) is 24.3 Å². The zero-order chi connectivity index (χ0) is 21.1. The highest BCUT2D eigenvalue weighted by atomic mass is 35.5. The molecule has 1 atom stereocenters. The van der Waals surface area contributed by atoms with Gasteiger partial charge in [-0.05, 0) is 56.2 Å². The van der Waals surface area contributed by atoms with Crippen molar-refractivity contribution in [3.8, 4) is 0 Å². The zero-order valence-electron chi connectivity index (χ0n) is 16.6. The van der Waals surface area contributed by atoms with Crippen molar-refractivity contribution in [3.05, 3.63) is 80.8 Å². The van der Waals surface area contributed by atoms with Crippen LogP contribution in [0.3, 0.4) is 0 Å². The van der Waals surface area contributed by atoms with Crippen LogP contribution in [0.25, 0.3) is 0 Å². The zero-order valence-corrected chi connectivity index (χ0v) is 18.2. The minimum atomic E-state index is -0.174. The third kappa shape index (κ3) is 4.55. The number of hydrogen-bond donors (Lipinski definition) is 1. The Kier molecular flexibility index (Phi) is 6.16. The summed E-state index contributed by atoms with van der Waals surface area (Å²) in [4.78, 5) is 32.7. The second kappa shape index (κ2) is 8.98. The van der Waals surface area contributed by atoms with E-state index in [9.17, 15) is 9.59 Å². The Hall–Kier alpha value is -2.70. The summed E-state index contributed by atoms with van der Waals surface area (Å²) in [5, 5.41) is 4.44. The number of nitrogens with zero attached hydrogens (tertiary/aromatic N) is 2. The van der Waals surface area contributed by atoms with Crippen molar-refractivity contribution in [1.29, 1.82) is 0 Å². The van der Waals surface area contributed by atoms with Gasteiger partial charge in [0.05, 0.1) is 10.7 Å². The monoisotopic (exact) mass is 439 g/mol. The van der Waals surface area contributed by atoms with Crippen LogP contribution in [0, 0.1) is 6.92 Å². The number of carbonyl (C=O) groups excluding carboxylic acids is 2. The van der Waals surface area contributed by atoms with Gasteiger partial charge in [0.1, 0.15) is 4.88 Å². The Labute approximate surface area is 184 Å². The number of anilines is 1. The van der Waals surface area contributed by atoms with Gasteiger partial charge in [0.2, 0.25) is 0 Å². The number of carbonyl (C=O) groups is 2. The van der Waals surface area contributed by atoms with Crippen molar-refractivity contribution in [2.45, 2.75) is 25.7 Å². The fourth-order valence-electron chi connectivity index (χ4n) is 3.65. The maximum absolute atomic E-state index is 12.8. The summed E-state index contributed by atoms with van der Waals surface area (Å²) in [5.74, 6) is 0.0214. The van der Waals surface area contributed by atoms with Crippen LogP contribution < -0.4 is 5.32 Å². The molecule has 5 nitrogen and oxygen atoms in total. The first-order valence-corrected chi connectivity index (χ1v) is 11.1. The van der Waals surface area contributed by atoms with Crippen molar-refractivity contribution in [2.24, 2.45) is 0 Å². The smallest absolute Gasteiger partial charge is 0.267 e. The SMILES string of the molecule is Cc1nc(C2CCCN(C(=O)c3ccccc3)C2)sc1C(=O)Nc1ccc(Cl)cc1. The van der Waals surface area contributed by atoms with Gasteiger partial charge in [0, 0.05) is 35.3 Å². The van der Waals surface area contributed by atoms with Crippen LogP contribution in [0.5, 0.6) is 0 Å². The van der Waals surface area contributed by atoms with Gasteiger partial charge in [-0.2, -0.15) is 0 Å². The third-order valence-corrected chi connectivity index (χ3v) is 6.77. The molecule has 1 aliphatic rings. The molecule has 1 aromatic heterocycles. The van der Waals surface area contributed by atoms with Crippen LogP contribution in [0.2, 0.25) is 5.02 Å². The number of amides is 2. The maximum atomic E-state index is 12.8. The topological polar surface area (TPSA) is 62.3 Å². The Balaban J connectivity index is 1.47. The number of piperidine rings is 1. The summed E-state index contributed by atoms with van der Waals surface area (Å²) in [7, 11) is 0. The van der Waals surface area contributed by atoms with Crippen molar-refractivity contribution < 1.29 is 9.59 Å². The van der Waals surface area contributed by atoms with E-state index in [4.69, 9.17) is 11.6 Å². The Morgan fingerprint density at radius 2 is 1.87 bits per heavy atom. The normalized spacial score (nSPS) is 16.3. The van der Waals surface area contributed by atoms with Crippen LogP contribution in [0.4, 0.5) is 5.69 Å². The van der Waals surface area contributed by atoms with Gasteiger partial charge < -0.3 is 10.2 Å². The van der Waals surface area contributed by atoms with E-state index >= 15 is 0 Å². The number of likely N-dealkylation sites (tertiary alicyclic amines) is 1. The molecule has 1 aliphatic heterocycles. The highest BCUT2D eigenvalue weighted by molar-refractivity contribution is 7.14. The second-order valence-corrected chi connectivity index (χ2v) is 8.85. The first-order chi connectivity index (χ1) is 14.5. The summed E-state index contributed by atoms with van der Waals surface area (Å²) in [6.07, 6.45) is 1.89. The number of aryl methyl sites for hydroxylation is 1. The van der Waals surface area contributed by atoms with Crippen LogP contribution in [0.15, 0.2) is 54.6 Å². The number of aromatic nitrogens is 1. The van der Waals surface area contributed by atoms with E-state index < -0.39 is 0 Å². The highest BCUT2D eigenvalue weighted by Gasteiger charge is 2.28. The standard InChI is InChI=1S/C23H22ClN3O2S/c1-15-20(21(28)26-19-11-9-18(24)10-12-19)30-22(25-15)17-8-5-13-27(14-17)23(29)16-6-3-2-4-7-16/h2-4,6-7,9-12,17H,5,8,13-14H2,1H3,(H,26,28). The molecular weight excluding hydrogens is 418 g/mol. The van der Waals surface area contributed by atoms with Crippen molar-refractivity contribution in [1.82, 2.24) is 9.88 Å². The molecule has 3 aromatic rings. The quantitative estimate of drug-likeness (QED) is 0.593. The summed E-state index contributed by atoms with van der Waals surface area (Å²) in [5.41, 5.74) is 2.11. The number of nitrogens with one attached hydrogen (secondary N) is 1. The molecular formula is C23H22ClN3O2S. The van der Waals surface area contributed by atoms with E-state index in [-0.39, 0.29) is 17.7 Å². The lowest BCUT2D eigenvalue weighted by molar-refractivity contribution is 0.0707. The number of benzene rings is 2. The lowest BCUT2D eigenvalue weighted by atomic mass is 9.98. The lowest BCUT2D eigenvalue weighted by Gasteiger charge is -2.32. The molecule has 2 heterocycles. The molecule has 154 valence electrons. The summed E-state index contributed by atoms with van der Waals surface area (Å²) >= 11 is 7.32. The van der Waals surface area contributed by atoms with Gasteiger partial charge in [-0.15, -0.1) is 11.3 Å². The van der Waals surface area contributed by atoms with Crippen LogP contribution in [-0.4, -0.2) is 34.8 Å². The Morgan fingerprint density at radius 1 is 1.13 bits per heavy atom. The average Bonchev–Trinajstić information content (AvgIpc) is 3.17. The van der Waals surface area contributed by atoms with Crippen molar-refractivity contribution >= 4 is 40.4 Å². The molecule has 1 N–H and O–H groups in total. The fraction of sp³-hybridized carbons (Fsp3) is 0.261. The molecule has 1 unspecified atom stereocenters. The molecule has 0 saturated carbocycles. The number of thiazole rings is 1. The Morgan fingerprint density at radius 3 is 2.60 bits per heavy atom. The lowest BCUT2D eigenvalue weighted by Crippen LogP contribution is -2.39. The number of rotatable bonds is 4. The second-order valence-electron chi connectivity index (χ2n) is 7.38. The van der Waals surface area contributed by atoms with Gasteiger partial charge in [0.25, 0.3) is 11.8 Å². The van der Waals surface area contributed by atoms with E-state index in [1.807, 2.05) is 42.2 Å². The molecule has 30 heavy (non-hydrogen) atoms. The molecule has 0 spiro atoms. The largest absolute Gasteiger partial charge is 0.338 e. The van der Waals surface area contributed by atoms with Gasteiger partial charge in [0.15, 0.2) is 0 Å². The highest BCUT2D eigenvalue weighted by Crippen LogP contribution is 2.32. The first-order valence-electron chi connectivity index (χ1n) is 9.90. The Bertz CT molecular complexity index is 1050. The van der Waals surface area contributed by atoms with E-state index in [0.717, 1.165) is 24.4 Å². The van der Waals surface area contributed by atoms with Gasteiger partial charge in [-0.25, -0.2) is 4.98 Å². The third-order valence-electron chi connectivity index (χ3n) is 5.20. The van der Waals surface area contributed by atoms with E-state index in [1.165, 1.54) is 11.3 Å². The molecule has 4 rings (SSSR count). The molecule has 0 bridgehead atoms. The number of hydrogen-bond acceptors (Lipinski definition) is 4. The van der Waals surface area contributed by atoms with E-state index in [0.29, 0.717) is 33.4 Å². The average molecular weight is 440 g/mol. The number of halogens is 1. The molecule has 2 amide bonds. The van der Waals surface area contributed by atoms with Gasteiger partial charge in [-0.1, -0.05) is 29.8 Å². The fourth-order valence-corrected chi connectivity index (χ4v) is 4.86. The van der Waals surface area contributed by atoms with Crippen molar-refractivity contribution in [3.63, 3.8) is 0 Å². The van der Waals surface area contributed by atoms with Crippen LogP contribution in [-0.2, 0) is 0 Å². The molecule has 7 heteroatoms. The van der Waals surface area contributed by atoms with Crippen LogP contribution >= 0.6 is 22.9 Å². The minimum absolute atomic E-state index is 0.0503. The van der Waals surface area contributed by atoms with Crippen LogP contribution in [0.1, 0.15) is 49.5 Å². The summed E-state index contributed by atoms with van der Waals surface area (Å²) < 4.78 is 0. The minimum Gasteiger partial charge on any atom is -0.338 e. The molecule has 1 fully saturated rings. The first kappa shape index (κ1) is 20.6. The predicted molar refractivity (Wildman–Crippen MR) is 121 cm³/mol.